The monoisotopic (exact) mass is 404 g/mol. The predicted octanol–water partition coefficient (Wildman–Crippen LogP) is 4.04. The van der Waals surface area contributed by atoms with Crippen LogP contribution in [0.3, 0.4) is 0 Å². The van der Waals surface area contributed by atoms with E-state index in [4.69, 9.17) is 0 Å². The van der Waals surface area contributed by atoms with Gasteiger partial charge in [-0.15, -0.1) is 13.2 Å². The molecule has 4 rings (SSSR count). The summed E-state index contributed by atoms with van der Waals surface area (Å²) in [5.41, 5.74) is 2.39. The fraction of sp³-hybridized carbons (Fsp3) is 0.409. The molecule has 0 bridgehead atoms. The molecule has 0 aliphatic carbocycles. The number of alkyl halides is 3. The second-order valence-corrected chi connectivity index (χ2v) is 7.84. The van der Waals surface area contributed by atoms with Crippen molar-refractivity contribution in [2.75, 3.05) is 13.1 Å². The molecule has 0 atom stereocenters. The Morgan fingerprint density at radius 1 is 1.00 bits per heavy atom. The van der Waals surface area contributed by atoms with E-state index in [1.807, 2.05) is 18.2 Å². The van der Waals surface area contributed by atoms with E-state index >= 15 is 0 Å². The zero-order valence-corrected chi connectivity index (χ0v) is 16.0. The number of carbonyl (C=O) groups is 1. The molecule has 2 aliphatic heterocycles. The number of ether oxygens (including phenoxy) is 1. The number of para-hydroxylation sites is 1. The van der Waals surface area contributed by atoms with Gasteiger partial charge in [0.15, 0.2) is 0 Å². The van der Waals surface area contributed by atoms with Crippen LogP contribution in [0.5, 0.6) is 5.75 Å². The van der Waals surface area contributed by atoms with E-state index < -0.39 is 11.8 Å². The molecular weight excluding hydrogens is 381 g/mol. The number of benzene rings is 2. The minimum Gasteiger partial charge on any atom is -0.405 e. The summed E-state index contributed by atoms with van der Waals surface area (Å²) in [4.78, 5) is 15.0. The number of piperidine rings is 1. The molecule has 2 aromatic carbocycles. The van der Waals surface area contributed by atoms with E-state index in [0.29, 0.717) is 51.0 Å². The van der Waals surface area contributed by atoms with Crippen LogP contribution in [0.25, 0.3) is 0 Å². The first-order valence-corrected chi connectivity index (χ1v) is 9.76. The highest BCUT2D eigenvalue weighted by molar-refractivity contribution is 5.83. The molecule has 154 valence electrons. The quantitative estimate of drug-likeness (QED) is 0.840. The van der Waals surface area contributed by atoms with Crippen molar-refractivity contribution in [3.63, 3.8) is 0 Å². The number of amides is 1. The van der Waals surface area contributed by atoms with Crippen molar-refractivity contribution >= 4 is 5.91 Å². The van der Waals surface area contributed by atoms with Crippen molar-refractivity contribution in [3.05, 3.63) is 65.2 Å². The van der Waals surface area contributed by atoms with Crippen molar-refractivity contribution in [1.82, 2.24) is 10.2 Å². The summed E-state index contributed by atoms with van der Waals surface area (Å²) >= 11 is 0. The molecule has 2 heterocycles. The van der Waals surface area contributed by atoms with Crippen LogP contribution in [-0.4, -0.2) is 30.3 Å². The third kappa shape index (κ3) is 4.40. The molecule has 0 radical (unpaired) electrons. The number of hydrogen-bond acceptors (Lipinski definition) is 3. The summed E-state index contributed by atoms with van der Waals surface area (Å²) in [5.74, 6) is -0.0874. The number of likely N-dealkylation sites (tertiary alicyclic amines) is 1. The topological polar surface area (TPSA) is 41.6 Å². The average Bonchev–Trinajstić information content (AvgIpc) is 2.81. The number of nitrogens with one attached hydrogen (secondary N) is 1. The first-order chi connectivity index (χ1) is 13.8. The van der Waals surface area contributed by atoms with Crippen LogP contribution in [0.1, 0.15) is 29.5 Å². The Bertz CT molecular complexity index is 890. The Balaban J connectivity index is 1.46. The molecule has 0 aromatic heterocycles. The predicted molar refractivity (Wildman–Crippen MR) is 102 cm³/mol. The van der Waals surface area contributed by atoms with E-state index in [0.717, 1.165) is 5.56 Å². The third-order valence-corrected chi connectivity index (χ3v) is 5.97. The molecule has 1 N–H and O–H groups in total. The molecule has 2 aliphatic rings. The van der Waals surface area contributed by atoms with Crippen molar-refractivity contribution < 1.29 is 22.7 Å². The lowest BCUT2D eigenvalue weighted by Crippen LogP contribution is -2.48. The van der Waals surface area contributed by atoms with Crippen LogP contribution in [-0.2, 0) is 24.3 Å². The van der Waals surface area contributed by atoms with Gasteiger partial charge in [-0.1, -0.05) is 42.5 Å². The highest BCUT2D eigenvalue weighted by Gasteiger charge is 2.43. The Labute approximate surface area is 167 Å². The van der Waals surface area contributed by atoms with Gasteiger partial charge in [0.05, 0.1) is 5.41 Å². The summed E-state index contributed by atoms with van der Waals surface area (Å²) in [6.45, 7) is 2.20. The van der Waals surface area contributed by atoms with Gasteiger partial charge < -0.3 is 10.1 Å². The van der Waals surface area contributed by atoms with E-state index in [9.17, 15) is 18.0 Å². The fourth-order valence-electron chi connectivity index (χ4n) is 4.35. The zero-order chi connectivity index (χ0) is 20.5. The van der Waals surface area contributed by atoms with Crippen LogP contribution in [0.2, 0.25) is 0 Å². The number of rotatable bonds is 3. The van der Waals surface area contributed by atoms with Crippen LogP contribution >= 0.6 is 0 Å². The minimum atomic E-state index is -4.71. The highest BCUT2D eigenvalue weighted by atomic mass is 19.4. The SMILES string of the molecule is O=C1NCc2ccccc2CC12CCN(Cc1ccccc1OC(F)(F)F)CC2. The number of halogens is 3. The Kier molecular flexibility index (Phi) is 5.25. The van der Waals surface area contributed by atoms with Crippen molar-refractivity contribution in [1.29, 1.82) is 0 Å². The van der Waals surface area contributed by atoms with Gasteiger partial charge in [0.25, 0.3) is 0 Å². The molecule has 1 spiro atoms. The summed E-state index contributed by atoms with van der Waals surface area (Å²) in [7, 11) is 0. The summed E-state index contributed by atoms with van der Waals surface area (Å²) in [5, 5.41) is 3.06. The third-order valence-electron chi connectivity index (χ3n) is 5.97. The minimum absolute atomic E-state index is 0.0779. The van der Waals surface area contributed by atoms with Crippen LogP contribution in [0.4, 0.5) is 13.2 Å². The summed E-state index contributed by atoms with van der Waals surface area (Å²) in [6, 6.07) is 14.3. The van der Waals surface area contributed by atoms with Gasteiger partial charge in [0.1, 0.15) is 5.75 Å². The molecule has 0 saturated carbocycles. The number of nitrogens with zero attached hydrogens (tertiary/aromatic N) is 1. The number of carbonyl (C=O) groups excluding carboxylic acids is 1. The fourth-order valence-corrected chi connectivity index (χ4v) is 4.35. The van der Waals surface area contributed by atoms with E-state index in [1.54, 1.807) is 12.1 Å². The van der Waals surface area contributed by atoms with Crippen LogP contribution in [0, 0.1) is 5.41 Å². The first kappa shape index (κ1) is 19.8. The molecule has 4 nitrogen and oxygen atoms in total. The second kappa shape index (κ2) is 7.71. The molecule has 7 heteroatoms. The smallest absolute Gasteiger partial charge is 0.405 e. The van der Waals surface area contributed by atoms with Gasteiger partial charge in [-0.05, 0) is 49.5 Å². The van der Waals surface area contributed by atoms with Crippen LogP contribution in [0.15, 0.2) is 48.5 Å². The van der Waals surface area contributed by atoms with Crippen molar-refractivity contribution in [2.45, 2.75) is 38.7 Å². The van der Waals surface area contributed by atoms with Gasteiger partial charge in [-0.2, -0.15) is 0 Å². The van der Waals surface area contributed by atoms with E-state index in [1.165, 1.54) is 17.7 Å². The first-order valence-electron chi connectivity index (χ1n) is 9.76. The lowest BCUT2D eigenvalue weighted by atomic mass is 9.73. The maximum absolute atomic E-state index is 12.9. The van der Waals surface area contributed by atoms with Gasteiger partial charge in [0.2, 0.25) is 5.91 Å². The molecule has 1 fully saturated rings. The largest absolute Gasteiger partial charge is 0.573 e. The Morgan fingerprint density at radius 2 is 1.66 bits per heavy atom. The molecule has 1 saturated heterocycles. The number of fused-ring (bicyclic) bond motifs is 1. The lowest BCUT2D eigenvalue weighted by molar-refractivity contribution is -0.275. The van der Waals surface area contributed by atoms with Gasteiger partial charge in [0, 0.05) is 18.7 Å². The molecule has 29 heavy (non-hydrogen) atoms. The Morgan fingerprint density at radius 3 is 2.38 bits per heavy atom. The molecule has 0 unspecified atom stereocenters. The van der Waals surface area contributed by atoms with Gasteiger partial charge in [-0.3, -0.25) is 9.69 Å². The Hall–Kier alpha value is -2.54. The van der Waals surface area contributed by atoms with Crippen molar-refractivity contribution in [2.24, 2.45) is 5.41 Å². The molecule has 2 aromatic rings. The highest BCUT2D eigenvalue weighted by Crippen LogP contribution is 2.39. The standard InChI is InChI=1S/C22H23F3N2O2/c23-22(24,25)29-19-8-4-3-7-18(19)15-27-11-9-21(10-12-27)13-16-5-1-2-6-17(16)14-26-20(21)28/h1-8H,9-15H2,(H,26,28). The number of hydrogen-bond donors (Lipinski definition) is 1. The molecular formula is C22H23F3N2O2. The van der Waals surface area contributed by atoms with Gasteiger partial charge >= 0.3 is 6.36 Å². The maximum atomic E-state index is 12.9. The van der Waals surface area contributed by atoms with Crippen LogP contribution < -0.4 is 10.1 Å². The van der Waals surface area contributed by atoms with Crippen molar-refractivity contribution in [3.8, 4) is 5.75 Å². The summed E-state index contributed by atoms with van der Waals surface area (Å²) in [6.07, 6.45) is -2.66. The maximum Gasteiger partial charge on any atom is 0.573 e. The lowest BCUT2D eigenvalue weighted by Gasteiger charge is -2.40. The average molecular weight is 404 g/mol. The normalized spacial score (nSPS) is 19.3. The van der Waals surface area contributed by atoms with Gasteiger partial charge in [-0.25, -0.2) is 0 Å². The second-order valence-electron chi connectivity index (χ2n) is 7.84. The van der Waals surface area contributed by atoms with E-state index in [2.05, 4.69) is 21.0 Å². The summed E-state index contributed by atoms with van der Waals surface area (Å²) < 4.78 is 42.1. The zero-order valence-electron chi connectivity index (χ0n) is 16.0. The molecule has 1 amide bonds. The van der Waals surface area contributed by atoms with E-state index in [-0.39, 0.29) is 11.7 Å².